The Kier molecular flexibility index (Phi) is 4.91. The average Bonchev–Trinajstić information content (AvgIpc) is 2.47. The number of anilines is 1. The molecule has 0 spiro atoms. The monoisotopic (exact) mass is 316 g/mol. The van der Waals surface area contributed by atoms with E-state index in [9.17, 15) is 14.9 Å². The van der Waals surface area contributed by atoms with Gasteiger partial charge in [0.25, 0.3) is 5.69 Å². The summed E-state index contributed by atoms with van der Waals surface area (Å²) < 4.78 is 0. The normalized spacial score (nSPS) is 10.6. The molecule has 112 valence electrons. The van der Waals surface area contributed by atoms with E-state index in [0.29, 0.717) is 5.02 Å². The number of hydrogen-bond donors (Lipinski definition) is 1. The highest BCUT2D eigenvalue weighted by Gasteiger charge is 2.14. The number of nitrogens with zero attached hydrogens (tertiary/aromatic N) is 1. The zero-order chi connectivity index (χ0) is 16.1. The van der Waals surface area contributed by atoms with Crippen molar-refractivity contribution in [3.8, 4) is 0 Å². The first kappa shape index (κ1) is 15.7. The zero-order valence-electron chi connectivity index (χ0n) is 11.7. The van der Waals surface area contributed by atoms with E-state index in [1.54, 1.807) is 43.3 Å². The second-order valence-corrected chi connectivity index (χ2v) is 5.09. The minimum absolute atomic E-state index is 0.135. The number of aryl methyl sites for hydroxylation is 1. The molecule has 5 nitrogen and oxygen atoms in total. The van der Waals surface area contributed by atoms with Gasteiger partial charge in [-0.05, 0) is 42.3 Å². The number of halogens is 1. The summed E-state index contributed by atoms with van der Waals surface area (Å²) in [6, 6.07) is 11.6. The summed E-state index contributed by atoms with van der Waals surface area (Å²) in [5.74, 6) is -0.452. The molecule has 0 bridgehead atoms. The van der Waals surface area contributed by atoms with Crippen LogP contribution < -0.4 is 5.32 Å². The van der Waals surface area contributed by atoms with Crippen LogP contribution in [0.2, 0.25) is 5.02 Å². The number of benzene rings is 2. The lowest BCUT2D eigenvalue weighted by molar-refractivity contribution is -0.384. The number of rotatable bonds is 4. The molecular weight excluding hydrogens is 304 g/mol. The molecule has 22 heavy (non-hydrogen) atoms. The first-order chi connectivity index (χ1) is 10.5. The van der Waals surface area contributed by atoms with Gasteiger partial charge in [-0.3, -0.25) is 14.9 Å². The standard InChI is InChI=1S/C16H13ClN2O3/c1-11-5-7-14(15(9-11)19(21)22)18-16(20)8-6-12-3-2-4-13(17)10-12/h2-10H,1H3,(H,18,20). The van der Waals surface area contributed by atoms with Crippen molar-refractivity contribution in [3.63, 3.8) is 0 Å². The van der Waals surface area contributed by atoms with Crippen molar-refractivity contribution in [1.29, 1.82) is 0 Å². The highest BCUT2D eigenvalue weighted by atomic mass is 35.5. The van der Waals surface area contributed by atoms with Crippen LogP contribution in [-0.4, -0.2) is 10.8 Å². The van der Waals surface area contributed by atoms with Crippen molar-refractivity contribution in [2.45, 2.75) is 6.92 Å². The van der Waals surface area contributed by atoms with Crippen molar-refractivity contribution in [3.05, 3.63) is 74.8 Å². The van der Waals surface area contributed by atoms with E-state index in [-0.39, 0.29) is 11.4 Å². The van der Waals surface area contributed by atoms with Gasteiger partial charge < -0.3 is 5.32 Å². The molecule has 0 unspecified atom stereocenters. The Labute approximate surface area is 132 Å². The van der Waals surface area contributed by atoms with E-state index < -0.39 is 10.8 Å². The summed E-state index contributed by atoms with van der Waals surface area (Å²) in [4.78, 5) is 22.3. The summed E-state index contributed by atoms with van der Waals surface area (Å²) in [6.07, 6.45) is 2.89. The molecule has 2 aromatic rings. The number of nitro groups is 1. The third kappa shape index (κ3) is 4.17. The van der Waals surface area contributed by atoms with Crippen molar-refractivity contribution < 1.29 is 9.72 Å². The van der Waals surface area contributed by atoms with Crippen LogP contribution in [0.15, 0.2) is 48.5 Å². The topological polar surface area (TPSA) is 72.2 Å². The van der Waals surface area contributed by atoms with Crippen LogP contribution in [0.1, 0.15) is 11.1 Å². The number of carbonyl (C=O) groups excluding carboxylic acids is 1. The minimum atomic E-state index is -0.525. The van der Waals surface area contributed by atoms with E-state index in [4.69, 9.17) is 11.6 Å². The molecule has 0 aliphatic carbocycles. The van der Waals surface area contributed by atoms with Crippen LogP contribution in [0.4, 0.5) is 11.4 Å². The second kappa shape index (κ2) is 6.87. The molecule has 2 rings (SSSR count). The molecular formula is C16H13ClN2O3. The Morgan fingerprint density at radius 3 is 2.73 bits per heavy atom. The van der Waals surface area contributed by atoms with E-state index >= 15 is 0 Å². The average molecular weight is 317 g/mol. The van der Waals surface area contributed by atoms with Gasteiger partial charge in [0, 0.05) is 17.2 Å². The Hall–Kier alpha value is -2.66. The molecule has 0 aliphatic rings. The molecule has 6 heteroatoms. The second-order valence-electron chi connectivity index (χ2n) is 4.66. The molecule has 0 saturated carbocycles. The van der Waals surface area contributed by atoms with Gasteiger partial charge >= 0.3 is 0 Å². The SMILES string of the molecule is Cc1ccc(NC(=O)C=Cc2cccc(Cl)c2)c([N+](=O)[O-])c1. The number of carbonyl (C=O) groups is 1. The number of nitrogens with one attached hydrogen (secondary N) is 1. The van der Waals surface area contributed by atoms with Gasteiger partial charge in [-0.25, -0.2) is 0 Å². The zero-order valence-corrected chi connectivity index (χ0v) is 12.5. The van der Waals surface area contributed by atoms with E-state index in [2.05, 4.69) is 5.32 Å². The lowest BCUT2D eigenvalue weighted by atomic mass is 10.2. The number of hydrogen-bond acceptors (Lipinski definition) is 3. The third-order valence-electron chi connectivity index (χ3n) is 2.88. The van der Waals surface area contributed by atoms with Crippen LogP contribution >= 0.6 is 11.6 Å². The molecule has 0 heterocycles. The molecule has 0 atom stereocenters. The van der Waals surface area contributed by atoms with E-state index in [1.807, 2.05) is 0 Å². The predicted octanol–water partition coefficient (Wildman–Crippen LogP) is 4.21. The first-order valence-electron chi connectivity index (χ1n) is 6.45. The maximum absolute atomic E-state index is 11.9. The summed E-state index contributed by atoms with van der Waals surface area (Å²) in [5, 5.41) is 14.1. The van der Waals surface area contributed by atoms with Crippen LogP contribution in [0.5, 0.6) is 0 Å². The van der Waals surface area contributed by atoms with Crippen LogP contribution in [-0.2, 0) is 4.79 Å². The van der Waals surface area contributed by atoms with Crippen molar-refractivity contribution in [2.75, 3.05) is 5.32 Å². The Balaban J connectivity index is 2.14. The largest absolute Gasteiger partial charge is 0.317 e. The minimum Gasteiger partial charge on any atom is -0.317 e. The highest BCUT2D eigenvalue weighted by molar-refractivity contribution is 6.30. The van der Waals surface area contributed by atoms with Crippen LogP contribution in [0.3, 0.4) is 0 Å². The molecule has 0 saturated heterocycles. The van der Waals surface area contributed by atoms with Crippen molar-refractivity contribution >= 4 is 35.0 Å². The molecule has 0 fully saturated rings. The quantitative estimate of drug-likeness (QED) is 0.521. The summed E-state index contributed by atoms with van der Waals surface area (Å²) in [5.41, 5.74) is 1.54. The maximum atomic E-state index is 11.9. The van der Waals surface area contributed by atoms with Gasteiger partial charge in [0.15, 0.2) is 0 Å². The van der Waals surface area contributed by atoms with Gasteiger partial charge in [-0.1, -0.05) is 29.8 Å². The summed E-state index contributed by atoms with van der Waals surface area (Å²) in [6.45, 7) is 1.75. The van der Waals surface area contributed by atoms with Gasteiger partial charge in [-0.15, -0.1) is 0 Å². The lowest BCUT2D eigenvalue weighted by Crippen LogP contribution is -2.09. The fourth-order valence-electron chi connectivity index (χ4n) is 1.86. The van der Waals surface area contributed by atoms with Gasteiger partial charge in [0.1, 0.15) is 5.69 Å². The first-order valence-corrected chi connectivity index (χ1v) is 6.83. The number of nitro benzene ring substituents is 1. The Morgan fingerprint density at radius 2 is 2.05 bits per heavy atom. The van der Waals surface area contributed by atoms with Crippen LogP contribution in [0, 0.1) is 17.0 Å². The predicted molar refractivity (Wildman–Crippen MR) is 86.9 cm³/mol. The van der Waals surface area contributed by atoms with Gasteiger partial charge in [0.05, 0.1) is 4.92 Å². The summed E-state index contributed by atoms with van der Waals surface area (Å²) in [7, 11) is 0. The highest BCUT2D eigenvalue weighted by Crippen LogP contribution is 2.25. The molecule has 0 aliphatic heterocycles. The van der Waals surface area contributed by atoms with Crippen LogP contribution in [0.25, 0.3) is 6.08 Å². The molecule has 1 N–H and O–H groups in total. The third-order valence-corrected chi connectivity index (χ3v) is 3.12. The maximum Gasteiger partial charge on any atom is 0.293 e. The fraction of sp³-hybridized carbons (Fsp3) is 0.0625. The molecule has 2 aromatic carbocycles. The smallest absolute Gasteiger partial charge is 0.293 e. The Morgan fingerprint density at radius 1 is 1.27 bits per heavy atom. The van der Waals surface area contributed by atoms with E-state index in [0.717, 1.165) is 11.1 Å². The number of amides is 1. The lowest BCUT2D eigenvalue weighted by Gasteiger charge is -2.04. The Bertz CT molecular complexity index is 757. The van der Waals surface area contributed by atoms with Crippen molar-refractivity contribution in [1.82, 2.24) is 0 Å². The van der Waals surface area contributed by atoms with E-state index in [1.165, 1.54) is 18.2 Å². The molecule has 0 radical (unpaired) electrons. The summed E-state index contributed by atoms with van der Waals surface area (Å²) >= 11 is 5.85. The fourth-order valence-corrected chi connectivity index (χ4v) is 2.05. The molecule has 1 amide bonds. The van der Waals surface area contributed by atoms with Gasteiger partial charge in [-0.2, -0.15) is 0 Å². The molecule has 0 aromatic heterocycles. The van der Waals surface area contributed by atoms with Gasteiger partial charge in [0.2, 0.25) is 5.91 Å². The van der Waals surface area contributed by atoms with Crippen molar-refractivity contribution in [2.24, 2.45) is 0 Å².